The number of carbonyl (C=O) groups is 1. The van der Waals surface area contributed by atoms with E-state index < -0.39 is 10.7 Å². The van der Waals surface area contributed by atoms with E-state index >= 15 is 0 Å². The summed E-state index contributed by atoms with van der Waals surface area (Å²) in [4.78, 5) is 21.0. The molecule has 0 aliphatic carbocycles. The van der Waals surface area contributed by atoms with Crippen molar-refractivity contribution in [1.82, 2.24) is 0 Å². The molecule has 0 radical (unpaired) electrons. The molecule has 5 nitrogen and oxygen atoms in total. The first-order valence-electron chi connectivity index (χ1n) is 5.82. The third kappa shape index (κ3) is 3.43. The van der Waals surface area contributed by atoms with Gasteiger partial charge in [-0.25, -0.2) is 4.39 Å². The van der Waals surface area contributed by atoms with E-state index in [4.69, 9.17) is 4.74 Å². The van der Waals surface area contributed by atoms with Crippen LogP contribution in [0.1, 0.15) is 15.9 Å². The highest BCUT2D eigenvalue weighted by Crippen LogP contribution is 2.29. The lowest BCUT2D eigenvalue weighted by Gasteiger charge is -2.09. The molecule has 0 atom stereocenters. The van der Waals surface area contributed by atoms with Crippen molar-refractivity contribution in [1.29, 1.82) is 0 Å². The van der Waals surface area contributed by atoms with E-state index in [0.29, 0.717) is 11.8 Å². The Morgan fingerprint density at radius 1 is 1.33 bits per heavy atom. The third-order valence-corrected chi connectivity index (χ3v) is 3.62. The maximum absolute atomic E-state index is 13.4. The van der Waals surface area contributed by atoms with Crippen LogP contribution in [0, 0.1) is 15.9 Å². The highest BCUT2D eigenvalue weighted by atomic mass is 79.9. The fourth-order valence-electron chi connectivity index (χ4n) is 1.69. The minimum Gasteiger partial charge on any atom is -0.482 e. The summed E-state index contributed by atoms with van der Waals surface area (Å²) in [6.45, 7) is -0.0420. The van der Waals surface area contributed by atoms with Gasteiger partial charge in [-0.3, -0.25) is 14.9 Å². The molecule has 2 rings (SSSR count). The van der Waals surface area contributed by atoms with E-state index in [1.165, 1.54) is 24.3 Å². The quantitative estimate of drug-likeness (QED) is 0.464. The minimum absolute atomic E-state index is 0.0155. The zero-order chi connectivity index (χ0) is 15.4. The van der Waals surface area contributed by atoms with Crippen molar-refractivity contribution in [2.45, 2.75) is 6.61 Å². The number of hydrogen-bond acceptors (Lipinski definition) is 4. The van der Waals surface area contributed by atoms with Gasteiger partial charge in [0.15, 0.2) is 5.75 Å². The number of halogens is 2. The van der Waals surface area contributed by atoms with Gasteiger partial charge in [-0.15, -0.1) is 0 Å². The molecule has 108 valence electrons. The van der Waals surface area contributed by atoms with E-state index in [0.717, 1.165) is 6.07 Å². The summed E-state index contributed by atoms with van der Waals surface area (Å²) in [7, 11) is 0. The van der Waals surface area contributed by atoms with Crippen molar-refractivity contribution in [2.75, 3.05) is 0 Å². The molecule has 0 amide bonds. The Morgan fingerprint density at radius 2 is 2.10 bits per heavy atom. The van der Waals surface area contributed by atoms with E-state index in [9.17, 15) is 19.3 Å². The van der Waals surface area contributed by atoms with Gasteiger partial charge < -0.3 is 4.74 Å². The molecular weight excluding hydrogens is 345 g/mol. The molecule has 0 aromatic heterocycles. The molecular formula is C14H9BrFNO4. The van der Waals surface area contributed by atoms with Gasteiger partial charge in [-0.1, -0.05) is 12.1 Å². The van der Waals surface area contributed by atoms with Crippen LogP contribution in [0.25, 0.3) is 0 Å². The molecule has 0 aliphatic rings. The number of hydrogen-bond donors (Lipinski definition) is 0. The first kappa shape index (κ1) is 15.1. The van der Waals surface area contributed by atoms with Gasteiger partial charge in [0.1, 0.15) is 18.7 Å². The lowest BCUT2D eigenvalue weighted by Crippen LogP contribution is -2.01. The van der Waals surface area contributed by atoms with Crippen LogP contribution in [0.15, 0.2) is 40.9 Å². The SMILES string of the molecule is O=Cc1ccc(OCc2cccc(F)c2Br)c([N+](=O)[O-])c1. The topological polar surface area (TPSA) is 69.4 Å². The maximum Gasteiger partial charge on any atom is 0.311 e. The first-order chi connectivity index (χ1) is 10.0. The Hall–Kier alpha value is -2.28. The van der Waals surface area contributed by atoms with Crippen molar-refractivity contribution in [2.24, 2.45) is 0 Å². The summed E-state index contributed by atoms with van der Waals surface area (Å²) in [5, 5.41) is 11.0. The molecule has 0 fully saturated rings. The van der Waals surface area contributed by atoms with Gasteiger partial charge >= 0.3 is 5.69 Å². The highest BCUT2D eigenvalue weighted by molar-refractivity contribution is 9.10. The van der Waals surface area contributed by atoms with Crippen molar-refractivity contribution >= 4 is 27.9 Å². The number of ether oxygens (including phenoxy) is 1. The largest absolute Gasteiger partial charge is 0.482 e. The summed E-state index contributed by atoms with van der Waals surface area (Å²) in [6, 6.07) is 8.32. The smallest absolute Gasteiger partial charge is 0.311 e. The Labute approximate surface area is 127 Å². The van der Waals surface area contributed by atoms with Crippen LogP contribution in [-0.2, 0) is 6.61 Å². The second-order valence-electron chi connectivity index (χ2n) is 4.10. The van der Waals surface area contributed by atoms with Gasteiger partial charge in [-0.2, -0.15) is 0 Å². The van der Waals surface area contributed by atoms with Crippen LogP contribution in [0.3, 0.4) is 0 Å². The number of nitro benzene ring substituents is 1. The average Bonchev–Trinajstić information content (AvgIpc) is 2.48. The molecule has 0 spiro atoms. The summed E-state index contributed by atoms with van der Waals surface area (Å²) in [6.07, 6.45) is 0.514. The van der Waals surface area contributed by atoms with E-state index in [-0.39, 0.29) is 28.1 Å². The molecule has 2 aromatic rings. The molecule has 0 bridgehead atoms. The monoisotopic (exact) mass is 353 g/mol. The number of benzene rings is 2. The predicted molar refractivity (Wildman–Crippen MR) is 76.9 cm³/mol. The molecule has 2 aromatic carbocycles. The summed E-state index contributed by atoms with van der Waals surface area (Å²) >= 11 is 3.09. The van der Waals surface area contributed by atoms with E-state index in [1.807, 2.05) is 0 Å². The Morgan fingerprint density at radius 3 is 2.76 bits per heavy atom. The lowest BCUT2D eigenvalue weighted by atomic mass is 10.2. The second kappa shape index (κ2) is 6.45. The van der Waals surface area contributed by atoms with Crippen molar-refractivity contribution < 1.29 is 18.8 Å². The maximum atomic E-state index is 13.4. The van der Waals surface area contributed by atoms with Crippen molar-refractivity contribution in [3.05, 3.63) is 67.9 Å². The van der Waals surface area contributed by atoms with Gasteiger partial charge in [-0.05, 0) is 34.1 Å². The lowest BCUT2D eigenvalue weighted by molar-refractivity contribution is -0.386. The van der Waals surface area contributed by atoms with Gasteiger partial charge in [0, 0.05) is 17.2 Å². The number of aldehydes is 1. The van der Waals surface area contributed by atoms with Gasteiger partial charge in [0.05, 0.1) is 9.40 Å². The molecule has 0 aliphatic heterocycles. The van der Waals surface area contributed by atoms with Crippen LogP contribution >= 0.6 is 15.9 Å². The predicted octanol–water partition coefficient (Wildman–Crippen LogP) is 3.89. The van der Waals surface area contributed by atoms with E-state index in [2.05, 4.69) is 15.9 Å². The normalized spacial score (nSPS) is 10.2. The van der Waals surface area contributed by atoms with Crippen LogP contribution in [0.2, 0.25) is 0 Å². The molecule has 21 heavy (non-hydrogen) atoms. The number of rotatable bonds is 5. The van der Waals surface area contributed by atoms with Crippen LogP contribution in [0.5, 0.6) is 5.75 Å². The zero-order valence-electron chi connectivity index (χ0n) is 10.6. The zero-order valence-corrected chi connectivity index (χ0v) is 12.2. The Kier molecular flexibility index (Phi) is 4.64. The molecule has 0 saturated carbocycles. The van der Waals surface area contributed by atoms with Crippen molar-refractivity contribution in [3.8, 4) is 5.75 Å². The number of carbonyl (C=O) groups excluding carboxylic acids is 1. The standard InChI is InChI=1S/C14H9BrFNO4/c15-14-10(2-1-3-11(14)16)8-21-13-5-4-9(7-18)6-12(13)17(19)20/h1-7H,8H2. The summed E-state index contributed by atoms with van der Waals surface area (Å²) in [5.41, 5.74) is 0.386. The summed E-state index contributed by atoms with van der Waals surface area (Å²) < 4.78 is 19.0. The number of nitrogens with zero attached hydrogens (tertiary/aromatic N) is 1. The fourth-order valence-corrected chi connectivity index (χ4v) is 2.07. The minimum atomic E-state index is -0.636. The fraction of sp³-hybridized carbons (Fsp3) is 0.0714. The molecule has 7 heteroatoms. The van der Waals surface area contributed by atoms with E-state index in [1.54, 1.807) is 6.07 Å². The third-order valence-electron chi connectivity index (χ3n) is 2.73. The highest BCUT2D eigenvalue weighted by Gasteiger charge is 2.16. The van der Waals surface area contributed by atoms with Crippen LogP contribution in [-0.4, -0.2) is 11.2 Å². The van der Waals surface area contributed by atoms with Crippen LogP contribution < -0.4 is 4.74 Å². The first-order valence-corrected chi connectivity index (χ1v) is 6.61. The molecule has 0 saturated heterocycles. The average molecular weight is 354 g/mol. The van der Waals surface area contributed by atoms with Crippen molar-refractivity contribution in [3.63, 3.8) is 0 Å². The van der Waals surface area contributed by atoms with Gasteiger partial charge in [0.25, 0.3) is 0 Å². The van der Waals surface area contributed by atoms with Crippen LogP contribution in [0.4, 0.5) is 10.1 Å². The summed E-state index contributed by atoms with van der Waals surface area (Å²) in [5.74, 6) is -0.427. The Bertz CT molecular complexity index is 705. The molecule has 0 heterocycles. The molecule has 0 unspecified atom stereocenters. The van der Waals surface area contributed by atoms with Gasteiger partial charge in [0.2, 0.25) is 0 Å². The molecule has 0 N–H and O–H groups in total. The number of nitro groups is 1. The Balaban J connectivity index is 2.25. The second-order valence-corrected chi connectivity index (χ2v) is 4.90.